The van der Waals surface area contributed by atoms with Crippen LogP contribution >= 0.6 is 11.6 Å². The Bertz CT molecular complexity index is 744. The lowest BCUT2D eigenvalue weighted by Gasteiger charge is -2.25. The van der Waals surface area contributed by atoms with Gasteiger partial charge in [-0.25, -0.2) is 9.18 Å². The highest BCUT2D eigenvalue weighted by Gasteiger charge is 2.35. The molecule has 0 aliphatic rings. The topological polar surface area (TPSA) is 82.2 Å². The van der Waals surface area contributed by atoms with Crippen molar-refractivity contribution in [3.63, 3.8) is 0 Å². The van der Waals surface area contributed by atoms with Gasteiger partial charge in [0.15, 0.2) is 0 Å². The number of rotatable bonds is 5. The minimum atomic E-state index is -1.39. The normalized spacial score (nSPS) is 13.8. The molecule has 0 radical (unpaired) electrons. The van der Waals surface area contributed by atoms with E-state index in [1.54, 1.807) is 0 Å². The number of aromatic nitrogens is 1. The van der Waals surface area contributed by atoms with Crippen molar-refractivity contribution in [1.29, 1.82) is 0 Å². The first-order valence-electron chi connectivity index (χ1n) is 6.81. The van der Waals surface area contributed by atoms with Crippen LogP contribution in [0.3, 0.4) is 0 Å². The number of hydrogen-bond acceptors (Lipinski definition) is 2. The third-order valence-electron chi connectivity index (χ3n) is 3.54. The molecule has 1 unspecified atom stereocenters. The summed E-state index contributed by atoms with van der Waals surface area (Å²) in [6.45, 7) is 3.26. The summed E-state index contributed by atoms with van der Waals surface area (Å²) in [6, 6.07) is 3.93. The fourth-order valence-corrected chi connectivity index (χ4v) is 2.61. The summed E-state index contributed by atoms with van der Waals surface area (Å²) in [4.78, 5) is 26.5. The third kappa shape index (κ3) is 2.92. The van der Waals surface area contributed by atoms with Crippen molar-refractivity contribution in [1.82, 2.24) is 10.3 Å². The van der Waals surface area contributed by atoms with Crippen LogP contribution in [0.15, 0.2) is 18.2 Å². The molecular formula is C15H16ClFN2O3. The van der Waals surface area contributed by atoms with Gasteiger partial charge in [0.05, 0.1) is 5.02 Å². The summed E-state index contributed by atoms with van der Waals surface area (Å²) >= 11 is 6.10. The summed E-state index contributed by atoms with van der Waals surface area (Å²) in [7, 11) is 0. The minimum Gasteiger partial charge on any atom is -0.480 e. The lowest BCUT2D eigenvalue weighted by molar-refractivity contribution is -0.144. The zero-order valence-corrected chi connectivity index (χ0v) is 12.9. The number of carbonyl (C=O) groups excluding carboxylic acids is 1. The fourth-order valence-electron chi connectivity index (χ4n) is 2.32. The molecule has 22 heavy (non-hydrogen) atoms. The summed E-state index contributed by atoms with van der Waals surface area (Å²) in [5, 5.41) is 12.2. The van der Waals surface area contributed by atoms with Crippen molar-refractivity contribution in [2.75, 3.05) is 0 Å². The van der Waals surface area contributed by atoms with Gasteiger partial charge >= 0.3 is 5.97 Å². The Morgan fingerprint density at radius 1 is 1.45 bits per heavy atom. The largest absolute Gasteiger partial charge is 0.480 e. The highest BCUT2D eigenvalue weighted by Crippen LogP contribution is 2.28. The maximum atomic E-state index is 13.3. The van der Waals surface area contributed by atoms with Crippen LogP contribution < -0.4 is 5.32 Å². The highest BCUT2D eigenvalue weighted by molar-refractivity contribution is 6.38. The molecular weight excluding hydrogens is 311 g/mol. The van der Waals surface area contributed by atoms with Crippen LogP contribution in [0.4, 0.5) is 4.39 Å². The molecule has 1 amide bonds. The molecule has 2 aromatic rings. The number of carbonyl (C=O) groups is 2. The Morgan fingerprint density at radius 3 is 2.73 bits per heavy atom. The smallest absolute Gasteiger partial charge is 0.329 e. The number of halogens is 2. The molecule has 0 bridgehead atoms. The average molecular weight is 327 g/mol. The Hall–Kier alpha value is -2.08. The van der Waals surface area contributed by atoms with Crippen LogP contribution in [0.25, 0.3) is 10.9 Å². The van der Waals surface area contributed by atoms with Gasteiger partial charge < -0.3 is 15.4 Å². The fraction of sp³-hybridized carbons (Fsp3) is 0.333. The maximum Gasteiger partial charge on any atom is 0.329 e. The highest BCUT2D eigenvalue weighted by atomic mass is 35.5. The quantitative estimate of drug-likeness (QED) is 0.788. The molecule has 118 valence electrons. The van der Waals surface area contributed by atoms with E-state index in [0.29, 0.717) is 17.3 Å². The van der Waals surface area contributed by atoms with Gasteiger partial charge in [0.2, 0.25) is 0 Å². The molecule has 0 saturated carbocycles. The maximum absolute atomic E-state index is 13.3. The number of fused-ring (bicyclic) bond motifs is 1. The molecule has 1 aromatic heterocycles. The van der Waals surface area contributed by atoms with E-state index in [1.165, 1.54) is 25.1 Å². The monoisotopic (exact) mass is 326 g/mol. The van der Waals surface area contributed by atoms with E-state index in [-0.39, 0.29) is 17.1 Å². The molecule has 0 saturated heterocycles. The van der Waals surface area contributed by atoms with Crippen molar-refractivity contribution in [3.8, 4) is 0 Å². The number of H-pyrrole nitrogens is 1. The lowest BCUT2D eigenvalue weighted by Crippen LogP contribution is -2.52. The van der Waals surface area contributed by atoms with Crippen molar-refractivity contribution in [3.05, 3.63) is 34.7 Å². The molecule has 7 heteroatoms. The first-order valence-corrected chi connectivity index (χ1v) is 7.19. The van der Waals surface area contributed by atoms with Gasteiger partial charge in [-0.1, -0.05) is 24.9 Å². The number of carboxylic acid groups (broad SMARTS) is 1. The van der Waals surface area contributed by atoms with Crippen LogP contribution in [0, 0.1) is 5.82 Å². The van der Waals surface area contributed by atoms with Crippen LogP contribution in [-0.2, 0) is 4.79 Å². The number of benzene rings is 1. The van der Waals surface area contributed by atoms with Crippen molar-refractivity contribution >= 4 is 34.4 Å². The van der Waals surface area contributed by atoms with Crippen molar-refractivity contribution < 1.29 is 19.1 Å². The molecule has 1 atom stereocenters. The molecule has 0 fully saturated rings. The Morgan fingerprint density at radius 2 is 2.14 bits per heavy atom. The molecule has 5 nitrogen and oxygen atoms in total. The van der Waals surface area contributed by atoms with E-state index in [2.05, 4.69) is 10.3 Å². The summed E-state index contributed by atoms with van der Waals surface area (Å²) in [5.74, 6) is -2.23. The third-order valence-corrected chi connectivity index (χ3v) is 3.93. The molecule has 3 N–H and O–H groups in total. The Balaban J connectivity index is 2.37. The molecule has 0 spiro atoms. The number of carboxylic acids is 1. The predicted octanol–water partition coefficient (Wildman–Crippen LogP) is 3.33. The minimum absolute atomic E-state index is 0.0193. The van der Waals surface area contributed by atoms with Gasteiger partial charge in [-0.3, -0.25) is 4.79 Å². The number of nitrogens with one attached hydrogen (secondary N) is 2. The standard InChI is InChI=1S/C15H16ClFN2O3/c1-3-6-15(2,14(21)22)19-13(20)12-11(16)9-7-8(17)4-5-10(9)18-12/h4-5,7,18H,3,6H2,1-2H3,(H,19,20)(H,21,22). The lowest BCUT2D eigenvalue weighted by atomic mass is 9.96. The van der Waals surface area contributed by atoms with Gasteiger partial charge in [0.25, 0.3) is 5.91 Å². The molecule has 0 aliphatic carbocycles. The molecule has 1 heterocycles. The summed E-state index contributed by atoms with van der Waals surface area (Å²) in [5.41, 5.74) is -0.868. The first-order chi connectivity index (χ1) is 10.3. The number of amides is 1. The van der Waals surface area contributed by atoms with Gasteiger partial charge in [-0.2, -0.15) is 0 Å². The number of aromatic amines is 1. The van der Waals surface area contributed by atoms with Gasteiger partial charge in [-0.15, -0.1) is 0 Å². The van der Waals surface area contributed by atoms with E-state index in [9.17, 15) is 19.1 Å². The Labute approximate surface area is 131 Å². The summed E-state index contributed by atoms with van der Waals surface area (Å²) in [6.07, 6.45) is 0.870. The van der Waals surface area contributed by atoms with Gasteiger partial charge in [-0.05, 0) is 31.5 Å². The molecule has 2 rings (SSSR count). The van der Waals surface area contributed by atoms with Gasteiger partial charge in [0.1, 0.15) is 17.1 Å². The van der Waals surface area contributed by atoms with Gasteiger partial charge in [0, 0.05) is 10.9 Å². The van der Waals surface area contributed by atoms with Crippen LogP contribution in [0.2, 0.25) is 5.02 Å². The Kier molecular flexibility index (Phi) is 4.42. The molecule has 1 aromatic carbocycles. The van der Waals surface area contributed by atoms with E-state index in [1.807, 2.05) is 6.92 Å². The van der Waals surface area contributed by atoms with Crippen molar-refractivity contribution in [2.24, 2.45) is 0 Å². The second-order valence-electron chi connectivity index (χ2n) is 5.35. The predicted molar refractivity (Wildman–Crippen MR) is 81.7 cm³/mol. The number of aliphatic carboxylic acids is 1. The average Bonchev–Trinajstić information content (AvgIpc) is 2.76. The number of hydrogen-bond donors (Lipinski definition) is 3. The van der Waals surface area contributed by atoms with Crippen LogP contribution in [0.5, 0.6) is 0 Å². The SMILES string of the molecule is CCCC(C)(NC(=O)c1[nH]c2ccc(F)cc2c1Cl)C(=O)O. The van der Waals surface area contributed by atoms with Crippen molar-refractivity contribution in [2.45, 2.75) is 32.2 Å². The second-order valence-corrected chi connectivity index (χ2v) is 5.72. The van der Waals surface area contributed by atoms with Crippen LogP contribution in [-0.4, -0.2) is 27.5 Å². The second kappa shape index (κ2) is 5.96. The van der Waals surface area contributed by atoms with E-state index in [0.717, 1.165) is 0 Å². The zero-order chi connectivity index (χ0) is 16.5. The van der Waals surface area contributed by atoms with Crippen LogP contribution in [0.1, 0.15) is 37.2 Å². The van der Waals surface area contributed by atoms with E-state index < -0.39 is 23.2 Å². The van der Waals surface area contributed by atoms with E-state index in [4.69, 9.17) is 11.6 Å². The molecule has 0 aliphatic heterocycles. The van der Waals surface area contributed by atoms with E-state index >= 15 is 0 Å². The zero-order valence-electron chi connectivity index (χ0n) is 12.2. The first kappa shape index (κ1) is 16.3. The summed E-state index contributed by atoms with van der Waals surface area (Å²) < 4.78 is 13.3.